The van der Waals surface area contributed by atoms with E-state index in [1.54, 1.807) is 36.1 Å². The molecule has 1 aromatic heterocycles. The summed E-state index contributed by atoms with van der Waals surface area (Å²) in [5, 5.41) is 8.25. The third-order valence-electron chi connectivity index (χ3n) is 4.38. The number of amides is 1. The molecule has 8 heteroatoms. The number of esters is 1. The molecule has 2 aromatic rings. The van der Waals surface area contributed by atoms with Crippen molar-refractivity contribution >= 4 is 22.8 Å². The molecule has 1 amide bonds. The highest BCUT2D eigenvalue weighted by atomic mass is 16.5. The first-order chi connectivity index (χ1) is 12.1. The summed E-state index contributed by atoms with van der Waals surface area (Å²) < 4.78 is 6.11. The topological polar surface area (TPSA) is 94.4 Å². The van der Waals surface area contributed by atoms with Gasteiger partial charge in [-0.3, -0.25) is 14.4 Å². The number of hydrogen-bond acceptors (Lipinski definition) is 6. The number of hydrogen-bond donors (Lipinski definition) is 0. The van der Waals surface area contributed by atoms with Crippen LogP contribution in [0.4, 0.5) is 0 Å². The SMILES string of the molecule is CCOC(=O)C1CCN(C(=O)Cn2nnc3ccccc3c2=O)CC1. The van der Waals surface area contributed by atoms with Gasteiger partial charge in [-0.25, -0.2) is 4.68 Å². The Hall–Kier alpha value is -2.77. The molecule has 25 heavy (non-hydrogen) atoms. The Bertz CT molecular complexity index is 840. The van der Waals surface area contributed by atoms with Crippen molar-refractivity contribution in [2.24, 2.45) is 5.92 Å². The Kier molecular flexibility index (Phi) is 5.06. The van der Waals surface area contributed by atoms with E-state index in [0.717, 1.165) is 4.68 Å². The third-order valence-corrected chi connectivity index (χ3v) is 4.38. The summed E-state index contributed by atoms with van der Waals surface area (Å²) in [5.74, 6) is -0.563. The minimum Gasteiger partial charge on any atom is -0.466 e. The second kappa shape index (κ2) is 7.42. The number of piperidine rings is 1. The Labute approximate surface area is 144 Å². The van der Waals surface area contributed by atoms with Gasteiger partial charge in [0.05, 0.1) is 17.9 Å². The third kappa shape index (κ3) is 3.67. The van der Waals surface area contributed by atoms with Gasteiger partial charge in [0.25, 0.3) is 5.56 Å². The van der Waals surface area contributed by atoms with E-state index in [4.69, 9.17) is 4.74 Å². The average molecular weight is 344 g/mol. The van der Waals surface area contributed by atoms with Gasteiger partial charge < -0.3 is 9.64 Å². The smallest absolute Gasteiger partial charge is 0.309 e. The van der Waals surface area contributed by atoms with Crippen molar-refractivity contribution in [2.45, 2.75) is 26.3 Å². The molecule has 8 nitrogen and oxygen atoms in total. The maximum absolute atomic E-state index is 12.4. The van der Waals surface area contributed by atoms with Crippen LogP contribution in [0.25, 0.3) is 10.9 Å². The number of nitrogens with zero attached hydrogens (tertiary/aromatic N) is 4. The predicted octanol–water partition coefficient (Wildman–Crippen LogP) is 0.593. The van der Waals surface area contributed by atoms with Crippen LogP contribution in [-0.4, -0.2) is 51.5 Å². The Balaban J connectivity index is 1.65. The molecule has 0 unspecified atom stereocenters. The van der Waals surface area contributed by atoms with Crippen LogP contribution in [0.2, 0.25) is 0 Å². The van der Waals surface area contributed by atoms with E-state index in [9.17, 15) is 14.4 Å². The van der Waals surface area contributed by atoms with E-state index in [0.29, 0.717) is 43.4 Å². The summed E-state index contributed by atoms with van der Waals surface area (Å²) in [7, 11) is 0. The zero-order valence-electron chi connectivity index (χ0n) is 14.1. The molecule has 0 atom stereocenters. The molecule has 1 fully saturated rings. The Morgan fingerprint density at radius 1 is 1.24 bits per heavy atom. The van der Waals surface area contributed by atoms with Crippen molar-refractivity contribution in [2.75, 3.05) is 19.7 Å². The van der Waals surface area contributed by atoms with Crippen molar-refractivity contribution in [3.05, 3.63) is 34.6 Å². The maximum Gasteiger partial charge on any atom is 0.309 e. The number of rotatable bonds is 4. The Morgan fingerprint density at radius 2 is 1.96 bits per heavy atom. The molecule has 1 aliphatic heterocycles. The molecule has 1 aliphatic rings. The molecule has 0 N–H and O–H groups in total. The minimum atomic E-state index is -0.333. The van der Waals surface area contributed by atoms with Gasteiger partial charge in [-0.05, 0) is 31.9 Å². The lowest BCUT2D eigenvalue weighted by atomic mass is 9.97. The lowest BCUT2D eigenvalue weighted by Gasteiger charge is -2.30. The van der Waals surface area contributed by atoms with Crippen LogP contribution in [0.15, 0.2) is 29.1 Å². The van der Waals surface area contributed by atoms with Crippen molar-refractivity contribution in [1.82, 2.24) is 19.9 Å². The standard InChI is InChI=1S/C17H20N4O4/c1-2-25-17(24)12-7-9-20(10-8-12)15(22)11-21-16(23)13-5-3-4-6-14(13)18-19-21/h3-6,12H,2,7-11H2,1H3. The molecule has 1 aromatic carbocycles. The first kappa shape index (κ1) is 17.1. The molecule has 0 saturated carbocycles. The number of fused-ring (bicyclic) bond motifs is 1. The fraction of sp³-hybridized carbons (Fsp3) is 0.471. The summed E-state index contributed by atoms with van der Waals surface area (Å²) in [5.41, 5.74) is 0.173. The van der Waals surface area contributed by atoms with E-state index >= 15 is 0 Å². The van der Waals surface area contributed by atoms with E-state index in [1.807, 2.05) is 0 Å². The van der Waals surface area contributed by atoms with E-state index in [2.05, 4.69) is 10.3 Å². The molecule has 2 heterocycles. The monoisotopic (exact) mass is 344 g/mol. The first-order valence-electron chi connectivity index (χ1n) is 8.37. The highest BCUT2D eigenvalue weighted by Gasteiger charge is 2.28. The molecule has 1 saturated heterocycles. The normalized spacial score (nSPS) is 15.3. The molecule has 0 aliphatic carbocycles. The van der Waals surface area contributed by atoms with Crippen LogP contribution >= 0.6 is 0 Å². The number of likely N-dealkylation sites (tertiary alicyclic amines) is 1. The minimum absolute atomic E-state index is 0.152. The molecular weight excluding hydrogens is 324 g/mol. The van der Waals surface area contributed by atoms with Crippen LogP contribution in [0, 0.1) is 5.92 Å². The van der Waals surface area contributed by atoms with Gasteiger partial charge >= 0.3 is 5.97 Å². The van der Waals surface area contributed by atoms with Gasteiger partial charge in [-0.15, -0.1) is 5.10 Å². The molecule has 3 rings (SSSR count). The number of ether oxygens (including phenoxy) is 1. The van der Waals surface area contributed by atoms with Crippen molar-refractivity contribution < 1.29 is 14.3 Å². The van der Waals surface area contributed by atoms with Gasteiger partial charge in [0, 0.05) is 13.1 Å². The number of carbonyl (C=O) groups excluding carboxylic acids is 2. The summed E-state index contributed by atoms with van der Waals surface area (Å²) in [6.07, 6.45) is 1.14. The second-order valence-electron chi connectivity index (χ2n) is 5.98. The zero-order chi connectivity index (χ0) is 17.8. The van der Waals surface area contributed by atoms with Gasteiger partial charge in [-0.1, -0.05) is 17.3 Å². The van der Waals surface area contributed by atoms with Gasteiger partial charge in [0.2, 0.25) is 5.91 Å². The summed E-state index contributed by atoms with van der Waals surface area (Å²) in [6.45, 7) is 2.93. The number of carbonyl (C=O) groups is 2. The molecular formula is C17H20N4O4. The molecule has 132 valence electrons. The lowest BCUT2D eigenvalue weighted by Crippen LogP contribution is -2.43. The second-order valence-corrected chi connectivity index (χ2v) is 5.98. The summed E-state index contributed by atoms with van der Waals surface area (Å²) >= 11 is 0. The quantitative estimate of drug-likeness (QED) is 0.754. The predicted molar refractivity (Wildman–Crippen MR) is 89.7 cm³/mol. The maximum atomic E-state index is 12.4. The van der Waals surface area contributed by atoms with E-state index < -0.39 is 0 Å². The van der Waals surface area contributed by atoms with E-state index in [1.165, 1.54) is 0 Å². The fourth-order valence-corrected chi connectivity index (χ4v) is 2.98. The van der Waals surface area contributed by atoms with Crippen molar-refractivity contribution in [1.29, 1.82) is 0 Å². The molecule has 0 bridgehead atoms. The van der Waals surface area contributed by atoms with Gasteiger partial charge in [0.1, 0.15) is 12.1 Å². The first-order valence-corrected chi connectivity index (χ1v) is 8.37. The van der Waals surface area contributed by atoms with Crippen LogP contribution in [0.5, 0.6) is 0 Å². The number of aromatic nitrogens is 3. The molecule has 0 spiro atoms. The van der Waals surface area contributed by atoms with Crippen molar-refractivity contribution in [3.63, 3.8) is 0 Å². The van der Waals surface area contributed by atoms with Crippen LogP contribution in [-0.2, 0) is 20.9 Å². The Morgan fingerprint density at radius 3 is 2.68 bits per heavy atom. The zero-order valence-corrected chi connectivity index (χ0v) is 14.1. The average Bonchev–Trinajstić information content (AvgIpc) is 2.64. The van der Waals surface area contributed by atoms with Crippen LogP contribution < -0.4 is 5.56 Å². The highest BCUT2D eigenvalue weighted by Crippen LogP contribution is 2.19. The highest BCUT2D eigenvalue weighted by molar-refractivity contribution is 5.79. The number of benzene rings is 1. The largest absolute Gasteiger partial charge is 0.466 e. The van der Waals surface area contributed by atoms with Gasteiger partial charge in [-0.2, -0.15) is 0 Å². The lowest BCUT2D eigenvalue weighted by molar-refractivity contribution is -0.151. The molecule has 0 radical (unpaired) electrons. The van der Waals surface area contributed by atoms with Crippen LogP contribution in [0.1, 0.15) is 19.8 Å². The van der Waals surface area contributed by atoms with Crippen LogP contribution in [0.3, 0.4) is 0 Å². The summed E-state index contributed by atoms with van der Waals surface area (Å²) in [4.78, 5) is 38.2. The fourth-order valence-electron chi connectivity index (χ4n) is 2.98. The summed E-state index contributed by atoms with van der Waals surface area (Å²) in [6, 6.07) is 6.89. The van der Waals surface area contributed by atoms with Crippen molar-refractivity contribution in [3.8, 4) is 0 Å². The van der Waals surface area contributed by atoms with Gasteiger partial charge in [0.15, 0.2) is 0 Å². The van der Waals surface area contributed by atoms with E-state index in [-0.39, 0.29) is 29.9 Å².